The van der Waals surface area contributed by atoms with Crippen LogP contribution in [0.5, 0.6) is 5.75 Å². The summed E-state index contributed by atoms with van der Waals surface area (Å²) in [4.78, 5) is 15.9. The lowest BCUT2D eigenvalue weighted by Crippen LogP contribution is -2.38. The molecule has 1 atom stereocenters. The number of carbonyl (C=O) groups is 1. The minimum atomic E-state index is -2.60. The van der Waals surface area contributed by atoms with E-state index in [-0.39, 0.29) is 18.0 Å². The van der Waals surface area contributed by atoms with Gasteiger partial charge in [0.2, 0.25) is 0 Å². The number of aliphatic hydroxyl groups is 1. The van der Waals surface area contributed by atoms with Crippen LogP contribution in [-0.2, 0) is 5.60 Å². The Morgan fingerprint density at radius 2 is 2.30 bits per heavy atom. The van der Waals surface area contributed by atoms with Crippen molar-refractivity contribution < 1.29 is 23.4 Å². The van der Waals surface area contributed by atoms with Gasteiger partial charge in [-0.05, 0) is 35.4 Å². The number of aromatic nitrogens is 1. The van der Waals surface area contributed by atoms with Gasteiger partial charge in [-0.3, -0.25) is 9.78 Å². The van der Waals surface area contributed by atoms with E-state index >= 15 is 0 Å². The molecule has 2 aromatic rings. The molecule has 0 aliphatic carbocycles. The smallest absolute Gasteiger partial charge is 0.272 e. The van der Waals surface area contributed by atoms with E-state index < -0.39 is 24.5 Å². The SMILES string of the molecule is CC(O)(CNC(=O)c1cc(OCC(F)F)ccn1)c1ccsc1. The lowest BCUT2D eigenvalue weighted by atomic mass is 9.99. The number of thiophene rings is 1. The van der Waals surface area contributed by atoms with Crippen molar-refractivity contribution in [1.82, 2.24) is 10.3 Å². The zero-order chi connectivity index (χ0) is 16.9. The molecular weight excluding hydrogens is 326 g/mol. The molecule has 0 radical (unpaired) electrons. The van der Waals surface area contributed by atoms with Crippen LogP contribution in [0, 0.1) is 0 Å². The van der Waals surface area contributed by atoms with Gasteiger partial charge in [-0.2, -0.15) is 11.3 Å². The van der Waals surface area contributed by atoms with E-state index in [1.54, 1.807) is 18.4 Å². The number of hydrogen-bond acceptors (Lipinski definition) is 5. The normalized spacial score (nSPS) is 13.6. The van der Waals surface area contributed by atoms with E-state index in [1.807, 2.05) is 5.38 Å². The molecule has 1 unspecified atom stereocenters. The van der Waals surface area contributed by atoms with Crippen LogP contribution in [0.15, 0.2) is 35.2 Å². The predicted octanol–water partition coefficient (Wildman–Crippen LogP) is 2.42. The van der Waals surface area contributed by atoms with Gasteiger partial charge in [0.15, 0.2) is 0 Å². The Bertz CT molecular complexity index is 648. The van der Waals surface area contributed by atoms with Crippen molar-refractivity contribution in [1.29, 1.82) is 0 Å². The molecule has 2 aromatic heterocycles. The first-order valence-corrected chi connectivity index (χ1v) is 7.73. The van der Waals surface area contributed by atoms with Gasteiger partial charge in [0, 0.05) is 12.3 Å². The van der Waals surface area contributed by atoms with E-state index in [9.17, 15) is 18.7 Å². The molecule has 2 rings (SSSR count). The van der Waals surface area contributed by atoms with Gasteiger partial charge in [0.1, 0.15) is 23.7 Å². The third-order valence-electron chi connectivity index (χ3n) is 3.08. The molecular formula is C15H16F2N2O3S. The Kier molecular flexibility index (Phi) is 5.62. The van der Waals surface area contributed by atoms with Crippen LogP contribution in [0.2, 0.25) is 0 Å². The zero-order valence-electron chi connectivity index (χ0n) is 12.3. The van der Waals surface area contributed by atoms with Crippen LogP contribution in [0.25, 0.3) is 0 Å². The predicted molar refractivity (Wildman–Crippen MR) is 82.0 cm³/mol. The molecule has 124 valence electrons. The number of nitrogens with zero attached hydrogens (tertiary/aromatic N) is 1. The number of pyridine rings is 1. The van der Waals surface area contributed by atoms with Gasteiger partial charge in [0.25, 0.3) is 12.3 Å². The molecule has 0 spiro atoms. The van der Waals surface area contributed by atoms with Crippen LogP contribution in [0.3, 0.4) is 0 Å². The monoisotopic (exact) mass is 342 g/mol. The summed E-state index contributed by atoms with van der Waals surface area (Å²) >= 11 is 1.44. The number of carbonyl (C=O) groups excluding carboxylic acids is 1. The maximum atomic E-state index is 12.1. The number of hydrogen-bond donors (Lipinski definition) is 2. The van der Waals surface area contributed by atoms with Crippen molar-refractivity contribution in [3.63, 3.8) is 0 Å². The van der Waals surface area contributed by atoms with Gasteiger partial charge >= 0.3 is 0 Å². The Morgan fingerprint density at radius 1 is 1.52 bits per heavy atom. The standard InChI is InChI=1S/C15H16F2N2O3S/c1-15(21,10-3-5-23-8-10)9-19-14(20)12-6-11(2-4-18-12)22-7-13(16)17/h2-6,8,13,21H,7,9H2,1H3,(H,19,20). The first-order valence-electron chi connectivity index (χ1n) is 6.79. The van der Waals surface area contributed by atoms with E-state index in [2.05, 4.69) is 10.3 Å². The molecule has 2 N–H and O–H groups in total. The largest absolute Gasteiger partial charge is 0.488 e. The maximum absolute atomic E-state index is 12.1. The van der Waals surface area contributed by atoms with Crippen molar-refractivity contribution in [2.45, 2.75) is 19.0 Å². The van der Waals surface area contributed by atoms with Crippen molar-refractivity contribution in [2.24, 2.45) is 0 Å². The molecule has 0 bridgehead atoms. The highest BCUT2D eigenvalue weighted by molar-refractivity contribution is 7.08. The van der Waals surface area contributed by atoms with Gasteiger partial charge < -0.3 is 15.2 Å². The summed E-state index contributed by atoms with van der Waals surface area (Å²) in [6.45, 7) is 0.829. The molecule has 0 fully saturated rings. The fraction of sp³-hybridized carbons (Fsp3) is 0.333. The van der Waals surface area contributed by atoms with E-state index in [0.29, 0.717) is 5.56 Å². The van der Waals surface area contributed by atoms with Crippen molar-refractivity contribution in [3.05, 3.63) is 46.4 Å². The van der Waals surface area contributed by atoms with Crippen molar-refractivity contribution >= 4 is 17.2 Å². The second-order valence-corrected chi connectivity index (χ2v) is 5.83. The summed E-state index contributed by atoms with van der Waals surface area (Å²) in [6, 6.07) is 4.44. The number of amides is 1. The lowest BCUT2D eigenvalue weighted by Gasteiger charge is -2.22. The van der Waals surface area contributed by atoms with Crippen LogP contribution in [0.4, 0.5) is 8.78 Å². The summed E-state index contributed by atoms with van der Waals surface area (Å²) in [6.07, 6.45) is -1.30. The highest BCUT2D eigenvalue weighted by Crippen LogP contribution is 2.22. The molecule has 5 nitrogen and oxygen atoms in total. The third kappa shape index (κ3) is 4.97. The Labute approximate surface area is 135 Å². The maximum Gasteiger partial charge on any atom is 0.272 e. The third-order valence-corrected chi connectivity index (χ3v) is 3.76. The molecule has 8 heteroatoms. The Morgan fingerprint density at radius 3 is 2.96 bits per heavy atom. The van der Waals surface area contributed by atoms with Crippen LogP contribution < -0.4 is 10.1 Å². The number of halogens is 2. The molecule has 0 aromatic carbocycles. The Balaban J connectivity index is 1.97. The lowest BCUT2D eigenvalue weighted by molar-refractivity contribution is 0.0528. The topological polar surface area (TPSA) is 71.5 Å². The molecule has 1 amide bonds. The second kappa shape index (κ2) is 7.47. The highest BCUT2D eigenvalue weighted by Gasteiger charge is 2.24. The van der Waals surface area contributed by atoms with Gasteiger partial charge in [-0.25, -0.2) is 8.78 Å². The zero-order valence-corrected chi connectivity index (χ0v) is 13.1. The molecule has 23 heavy (non-hydrogen) atoms. The highest BCUT2D eigenvalue weighted by atomic mass is 32.1. The molecule has 2 heterocycles. The number of ether oxygens (including phenoxy) is 1. The quantitative estimate of drug-likeness (QED) is 0.811. The first kappa shape index (κ1) is 17.3. The fourth-order valence-electron chi connectivity index (χ4n) is 1.80. The van der Waals surface area contributed by atoms with Crippen molar-refractivity contribution in [2.75, 3.05) is 13.2 Å². The van der Waals surface area contributed by atoms with Crippen LogP contribution in [-0.4, -0.2) is 35.6 Å². The average Bonchev–Trinajstić information content (AvgIpc) is 3.06. The Hall–Kier alpha value is -2.06. The molecule has 0 saturated carbocycles. The van der Waals surface area contributed by atoms with Gasteiger partial charge in [-0.15, -0.1) is 0 Å². The van der Waals surface area contributed by atoms with E-state index in [0.717, 1.165) is 0 Å². The van der Waals surface area contributed by atoms with Gasteiger partial charge in [-0.1, -0.05) is 0 Å². The summed E-state index contributed by atoms with van der Waals surface area (Å²) in [5, 5.41) is 16.5. The van der Waals surface area contributed by atoms with E-state index in [4.69, 9.17) is 4.74 Å². The number of nitrogens with one attached hydrogen (secondary N) is 1. The summed E-state index contributed by atoms with van der Waals surface area (Å²) in [5.74, 6) is -0.391. The van der Waals surface area contributed by atoms with E-state index in [1.165, 1.54) is 29.7 Å². The van der Waals surface area contributed by atoms with Crippen LogP contribution >= 0.6 is 11.3 Å². The van der Waals surface area contributed by atoms with Crippen LogP contribution in [0.1, 0.15) is 23.0 Å². The second-order valence-electron chi connectivity index (χ2n) is 5.05. The molecule has 0 aliphatic rings. The minimum Gasteiger partial charge on any atom is -0.488 e. The summed E-state index contributed by atoms with van der Waals surface area (Å²) < 4.78 is 29.1. The minimum absolute atomic E-state index is 0.00757. The number of rotatable bonds is 7. The van der Waals surface area contributed by atoms with Crippen molar-refractivity contribution in [3.8, 4) is 5.75 Å². The molecule has 0 aliphatic heterocycles. The van der Waals surface area contributed by atoms with Gasteiger partial charge in [0.05, 0.1) is 6.54 Å². The summed E-state index contributed by atoms with van der Waals surface area (Å²) in [5.41, 5.74) is -0.484. The number of alkyl halides is 2. The first-order chi connectivity index (χ1) is 10.9. The average molecular weight is 342 g/mol. The molecule has 0 saturated heterocycles. The summed E-state index contributed by atoms with van der Waals surface area (Å²) in [7, 11) is 0. The fourth-order valence-corrected chi connectivity index (χ4v) is 2.58.